The minimum atomic E-state index is -0.416. The zero-order valence-corrected chi connectivity index (χ0v) is 15.8. The quantitative estimate of drug-likeness (QED) is 0.749. The molecular weight excluding hydrogens is 322 g/mol. The standard InChI is InChI=1S/C22H27N3O/c1-22(2,3)20(26)17-13-23-21-19(17)25(16-11-7-8-12-16)18(14-24-21)15-9-5-4-6-10-15/h4-6,9-10,13-14,16,18,23H,7-8,11-12H2,1-3H3. The number of fused-ring (bicyclic) bond motifs is 1. The van der Waals surface area contributed by atoms with Crippen molar-refractivity contribution in [1.82, 2.24) is 4.98 Å². The van der Waals surface area contributed by atoms with Crippen LogP contribution in [0, 0.1) is 5.41 Å². The van der Waals surface area contributed by atoms with Gasteiger partial charge >= 0.3 is 0 Å². The van der Waals surface area contributed by atoms with Crippen molar-refractivity contribution in [1.29, 1.82) is 0 Å². The van der Waals surface area contributed by atoms with E-state index in [2.05, 4.69) is 39.1 Å². The molecule has 1 unspecified atom stereocenters. The van der Waals surface area contributed by atoms with E-state index in [9.17, 15) is 4.79 Å². The van der Waals surface area contributed by atoms with Crippen molar-refractivity contribution in [2.24, 2.45) is 10.4 Å². The zero-order valence-electron chi connectivity index (χ0n) is 15.8. The third-order valence-corrected chi connectivity index (χ3v) is 5.52. The van der Waals surface area contributed by atoms with Crippen LogP contribution in [0.15, 0.2) is 41.5 Å². The fourth-order valence-corrected chi connectivity index (χ4v) is 4.19. The van der Waals surface area contributed by atoms with Gasteiger partial charge in [0.2, 0.25) is 0 Å². The van der Waals surface area contributed by atoms with Gasteiger partial charge in [-0.3, -0.25) is 4.79 Å². The molecule has 0 bridgehead atoms. The summed E-state index contributed by atoms with van der Waals surface area (Å²) in [5.41, 5.74) is 2.58. The van der Waals surface area contributed by atoms with E-state index in [0.29, 0.717) is 6.04 Å². The summed E-state index contributed by atoms with van der Waals surface area (Å²) >= 11 is 0. The van der Waals surface area contributed by atoms with Crippen LogP contribution in [-0.4, -0.2) is 23.0 Å². The van der Waals surface area contributed by atoms with Gasteiger partial charge in [0.05, 0.1) is 17.3 Å². The Balaban J connectivity index is 1.84. The Hall–Kier alpha value is -2.36. The Morgan fingerprint density at radius 1 is 1.15 bits per heavy atom. The van der Waals surface area contributed by atoms with Gasteiger partial charge in [-0.1, -0.05) is 63.9 Å². The van der Waals surface area contributed by atoms with Crippen molar-refractivity contribution in [3.63, 3.8) is 0 Å². The number of aromatic nitrogens is 1. The SMILES string of the molecule is CC(C)(C)C(=O)c1c[nH]c2c1N(C1CCCC1)C(c1ccccc1)C=N2. The second-order valence-electron chi connectivity index (χ2n) is 8.46. The van der Waals surface area contributed by atoms with Gasteiger partial charge in [0.1, 0.15) is 0 Å². The monoisotopic (exact) mass is 349 g/mol. The van der Waals surface area contributed by atoms with E-state index in [0.717, 1.165) is 17.1 Å². The van der Waals surface area contributed by atoms with E-state index < -0.39 is 5.41 Å². The fourth-order valence-electron chi connectivity index (χ4n) is 4.19. The molecule has 1 atom stereocenters. The number of nitrogens with one attached hydrogen (secondary N) is 1. The molecule has 26 heavy (non-hydrogen) atoms. The second kappa shape index (κ2) is 6.42. The number of nitrogens with zero attached hydrogens (tertiary/aromatic N) is 2. The van der Waals surface area contributed by atoms with Crippen LogP contribution in [0.5, 0.6) is 0 Å². The molecule has 4 nitrogen and oxygen atoms in total. The normalized spacial score (nSPS) is 20.4. The number of aromatic amines is 1. The lowest BCUT2D eigenvalue weighted by Crippen LogP contribution is -2.40. The number of hydrogen-bond acceptors (Lipinski definition) is 3. The minimum absolute atomic E-state index is 0.0779. The molecule has 0 radical (unpaired) electrons. The average Bonchev–Trinajstić information content (AvgIpc) is 3.30. The van der Waals surface area contributed by atoms with Crippen LogP contribution in [0.25, 0.3) is 0 Å². The first-order valence-electron chi connectivity index (χ1n) is 9.60. The van der Waals surface area contributed by atoms with Crippen molar-refractivity contribution in [3.05, 3.63) is 47.7 Å². The molecule has 1 aromatic heterocycles. The first-order valence-corrected chi connectivity index (χ1v) is 9.60. The maximum atomic E-state index is 13.1. The molecule has 1 aromatic carbocycles. The molecule has 1 saturated carbocycles. The van der Waals surface area contributed by atoms with Gasteiger partial charge in [0.15, 0.2) is 11.6 Å². The molecule has 2 aromatic rings. The molecule has 1 aliphatic carbocycles. The zero-order chi connectivity index (χ0) is 18.3. The molecule has 4 heteroatoms. The lowest BCUT2D eigenvalue weighted by molar-refractivity contribution is 0.0859. The molecule has 1 aliphatic heterocycles. The van der Waals surface area contributed by atoms with E-state index in [1.807, 2.05) is 39.2 Å². The Kier molecular flexibility index (Phi) is 4.22. The first kappa shape index (κ1) is 17.1. The number of benzene rings is 1. The number of carbonyl (C=O) groups excluding carboxylic acids is 1. The van der Waals surface area contributed by atoms with Gasteiger partial charge in [-0.2, -0.15) is 0 Å². The van der Waals surface area contributed by atoms with Gasteiger partial charge in [-0.25, -0.2) is 4.99 Å². The predicted octanol–water partition coefficient (Wildman–Crippen LogP) is 5.45. The molecule has 0 spiro atoms. The lowest BCUT2D eigenvalue weighted by atomic mass is 9.86. The van der Waals surface area contributed by atoms with Crippen LogP contribution < -0.4 is 4.90 Å². The summed E-state index contributed by atoms with van der Waals surface area (Å²) in [6.45, 7) is 5.94. The van der Waals surface area contributed by atoms with Gasteiger partial charge in [-0.15, -0.1) is 0 Å². The summed E-state index contributed by atoms with van der Waals surface area (Å²) < 4.78 is 0. The van der Waals surface area contributed by atoms with Crippen molar-refractivity contribution in [2.45, 2.75) is 58.5 Å². The minimum Gasteiger partial charge on any atom is -0.353 e. The molecule has 2 heterocycles. The van der Waals surface area contributed by atoms with E-state index in [-0.39, 0.29) is 11.8 Å². The summed E-state index contributed by atoms with van der Waals surface area (Å²) in [6, 6.07) is 11.0. The number of ketones is 1. The highest BCUT2D eigenvalue weighted by Crippen LogP contribution is 2.45. The number of H-pyrrole nitrogens is 1. The lowest BCUT2D eigenvalue weighted by Gasteiger charge is -2.39. The number of carbonyl (C=O) groups is 1. The largest absolute Gasteiger partial charge is 0.353 e. The van der Waals surface area contributed by atoms with Crippen LogP contribution in [0.3, 0.4) is 0 Å². The molecule has 0 amide bonds. The maximum Gasteiger partial charge on any atom is 0.171 e. The van der Waals surface area contributed by atoms with Crippen molar-refractivity contribution < 1.29 is 4.79 Å². The highest BCUT2D eigenvalue weighted by atomic mass is 16.1. The van der Waals surface area contributed by atoms with Crippen LogP contribution in [0.4, 0.5) is 11.5 Å². The van der Waals surface area contributed by atoms with Crippen molar-refractivity contribution in [2.75, 3.05) is 4.90 Å². The summed E-state index contributed by atoms with van der Waals surface area (Å²) in [5.74, 6) is 0.985. The summed E-state index contributed by atoms with van der Waals surface area (Å²) in [7, 11) is 0. The predicted molar refractivity (Wildman–Crippen MR) is 107 cm³/mol. The van der Waals surface area contributed by atoms with Crippen molar-refractivity contribution >= 4 is 23.5 Å². The third kappa shape index (κ3) is 2.87. The Labute approximate surface area is 155 Å². The highest BCUT2D eigenvalue weighted by Gasteiger charge is 2.38. The number of aliphatic imine (C=N–C) groups is 1. The molecule has 4 rings (SSSR count). The third-order valence-electron chi connectivity index (χ3n) is 5.52. The van der Waals surface area contributed by atoms with Gasteiger partial charge < -0.3 is 9.88 Å². The van der Waals surface area contributed by atoms with Gasteiger partial charge in [0, 0.05) is 23.9 Å². The highest BCUT2D eigenvalue weighted by molar-refractivity contribution is 6.07. The number of anilines is 1. The fraction of sp³-hybridized carbons (Fsp3) is 0.455. The van der Waals surface area contributed by atoms with E-state index in [1.165, 1.54) is 31.2 Å². The van der Waals surface area contributed by atoms with Gasteiger partial charge in [0.25, 0.3) is 0 Å². The molecular formula is C22H27N3O. The van der Waals surface area contributed by atoms with Crippen molar-refractivity contribution in [3.8, 4) is 0 Å². The van der Waals surface area contributed by atoms with Crippen LogP contribution in [-0.2, 0) is 0 Å². The number of rotatable bonds is 3. The van der Waals surface area contributed by atoms with Crippen LogP contribution in [0.2, 0.25) is 0 Å². The van der Waals surface area contributed by atoms with Gasteiger partial charge in [-0.05, 0) is 18.4 Å². The molecule has 1 N–H and O–H groups in total. The Bertz CT molecular complexity index is 823. The number of hydrogen-bond donors (Lipinski definition) is 1. The topological polar surface area (TPSA) is 48.5 Å². The average molecular weight is 349 g/mol. The molecule has 2 aliphatic rings. The Morgan fingerprint density at radius 2 is 1.85 bits per heavy atom. The summed E-state index contributed by atoms with van der Waals surface area (Å²) in [5, 5.41) is 0. The molecule has 0 saturated heterocycles. The van der Waals surface area contributed by atoms with E-state index >= 15 is 0 Å². The first-order chi connectivity index (χ1) is 12.5. The Morgan fingerprint density at radius 3 is 2.50 bits per heavy atom. The number of Topliss-reactive ketones (excluding diaryl/α,β-unsaturated/α-hetero) is 1. The second-order valence-corrected chi connectivity index (χ2v) is 8.46. The summed E-state index contributed by atoms with van der Waals surface area (Å²) in [4.78, 5) is 23.5. The van der Waals surface area contributed by atoms with Crippen LogP contribution in [0.1, 0.15) is 68.4 Å². The maximum absolute atomic E-state index is 13.1. The van der Waals surface area contributed by atoms with E-state index in [4.69, 9.17) is 0 Å². The van der Waals surface area contributed by atoms with E-state index in [1.54, 1.807) is 0 Å². The molecule has 136 valence electrons. The summed E-state index contributed by atoms with van der Waals surface area (Å²) in [6.07, 6.45) is 8.73. The van der Waals surface area contributed by atoms with Crippen LogP contribution >= 0.6 is 0 Å². The molecule has 1 fully saturated rings. The smallest absolute Gasteiger partial charge is 0.171 e.